The van der Waals surface area contributed by atoms with Gasteiger partial charge in [-0.2, -0.15) is 13.2 Å². The number of rotatable bonds is 4. The molecule has 2 aromatic carbocycles. The lowest BCUT2D eigenvalue weighted by Gasteiger charge is -2.12. The van der Waals surface area contributed by atoms with Crippen LogP contribution in [0.15, 0.2) is 42.5 Å². The standard InChI is InChI=1S/C16H12F4O3/c1-2-22-15(21)13-7-6-11(17)9-14(13)23-12-5-3-4-10(8-12)16(18,19)20/h3-9H,2H2,1H3. The van der Waals surface area contributed by atoms with Crippen molar-refractivity contribution in [3.8, 4) is 11.5 Å². The molecule has 0 N–H and O–H groups in total. The first kappa shape index (κ1) is 16.8. The Hall–Kier alpha value is -2.57. The van der Waals surface area contributed by atoms with Crippen LogP contribution in [0.4, 0.5) is 17.6 Å². The van der Waals surface area contributed by atoms with Gasteiger partial charge in [0.25, 0.3) is 0 Å². The first-order valence-corrected chi connectivity index (χ1v) is 6.63. The van der Waals surface area contributed by atoms with Gasteiger partial charge < -0.3 is 9.47 Å². The Morgan fingerprint density at radius 2 is 1.87 bits per heavy atom. The highest BCUT2D eigenvalue weighted by atomic mass is 19.4. The molecule has 0 aliphatic carbocycles. The van der Waals surface area contributed by atoms with E-state index in [1.165, 1.54) is 6.07 Å². The van der Waals surface area contributed by atoms with Gasteiger partial charge in [0, 0.05) is 6.07 Å². The number of hydrogen-bond acceptors (Lipinski definition) is 3. The molecule has 0 spiro atoms. The minimum atomic E-state index is -4.54. The summed E-state index contributed by atoms with van der Waals surface area (Å²) in [5, 5.41) is 0. The molecule has 23 heavy (non-hydrogen) atoms. The quantitative estimate of drug-likeness (QED) is 0.597. The van der Waals surface area contributed by atoms with Crippen LogP contribution in [-0.2, 0) is 10.9 Å². The van der Waals surface area contributed by atoms with Gasteiger partial charge in [-0.15, -0.1) is 0 Å². The van der Waals surface area contributed by atoms with Gasteiger partial charge in [0.05, 0.1) is 12.2 Å². The average Bonchev–Trinajstić information content (AvgIpc) is 2.47. The molecule has 0 aliphatic heterocycles. The topological polar surface area (TPSA) is 35.5 Å². The summed E-state index contributed by atoms with van der Waals surface area (Å²) in [6.07, 6.45) is -4.54. The van der Waals surface area contributed by atoms with Crippen LogP contribution in [0.1, 0.15) is 22.8 Å². The minimum Gasteiger partial charge on any atom is -0.462 e. The molecule has 0 saturated carbocycles. The Balaban J connectivity index is 2.36. The predicted octanol–water partition coefficient (Wildman–Crippen LogP) is 4.81. The molecule has 7 heteroatoms. The highest BCUT2D eigenvalue weighted by Gasteiger charge is 2.30. The maximum absolute atomic E-state index is 13.4. The summed E-state index contributed by atoms with van der Waals surface area (Å²) >= 11 is 0. The van der Waals surface area contributed by atoms with E-state index in [0.717, 1.165) is 36.4 Å². The summed E-state index contributed by atoms with van der Waals surface area (Å²) in [4.78, 5) is 11.8. The molecule has 2 rings (SSSR count). The van der Waals surface area contributed by atoms with Crippen molar-refractivity contribution >= 4 is 5.97 Å². The second-order valence-electron chi connectivity index (χ2n) is 4.49. The Bertz CT molecular complexity index is 711. The lowest BCUT2D eigenvalue weighted by Crippen LogP contribution is -2.07. The van der Waals surface area contributed by atoms with Crippen molar-refractivity contribution < 1.29 is 31.8 Å². The molecule has 0 atom stereocenters. The maximum Gasteiger partial charge on any atom is 0.416 e. The molecule has 0 aliphatic rings. The number of esters is 1. The minimum absolute atomic E-state index is 0.0781. The molecule has 0 bridgehead atoms. The zero-order valence-corrected chi connectivity index (χ0v) is 12.0. The van der Waals surface area contributed by atoms with Gasteiger partial charge in [0.2, 0.25) is 0 Å². The van der Waals surface area contributed by atoms with Gasteiger partial charge in [0.15, 0.2) is 0 Å². The third-order valence-corrected chi connectivity index (χ3v) is 2.83. The van der Waals surface area contributed by atoms with Gasteiger partial charge in [-0.25, -0.2) is 9.18 Å². The van der Waals surface area contributed by atoms with Crippen LogP contribution < -0.4 is 4.74 Å². The summed E-state index contributed by atoms with van der Waals surface area (Å²) in [6, 6.07) is 7.16. The fourth-order valence-corrected chi connectivity index (χ4v) is 1.82. The summed E-state index contributed by atoms with van der Waals surface area (Å²) in [7, 11) is 0. The molecule has 0 unspecified atom stereocenters. The molecule has 2 aromatic rings. The Morgan fingerprint density at radius 3 is 2.52 bits per heavy atom. The Kier molecular flexibility index (Phi) is 4.88. The van der Waals surface area contributed by atoms with E-state index in [1.54, 1.807) is 6.92 Å². The Morgan fingerprint density at radius 1 is 1.13 bits per heavy atom. The van der Waals surface area contributed by atoms with Crippen molar-refractivity contribution in [1.29, 1.82) is 0 Å². The van der Waals surface area contributed by atoms with Crippen LogP contribution in [0.5, 0.6) is 11.5 Å². The van der Waals surface area contributed by atoms with Crippen molar-refractivity contribution in [1.82, 2.24) is 0 Å². The average molecular weight is 328 g/mol. The van der Waals surface area contributed by atoms with Gasteiger partial charge in [-0.3, -0.25) is 0 Å². The van der Waals surface area contributed by atoms with Crippen LogP contribution in [0, 0.1) is 5.82 Å². The van der Waals surface area contributed by atoms with E-state index in [0.29, 0.717) is 0 Å². The zero-order valence-electron chi connectivity index (χ0n) is 12.0. The second kappa shape index (κ2) is 6.68. The van der Waals surface area contributed by atoms with E-state index in [9.17, 15) is 22.4 Å². The van der Waals surface area contributed by atoms with Crippen molar-refractivity contribution in [3.63, 3.8) is 0 Å². The number of carbonyl (C=O) groups excluding carboxylic acids is 1. The van der Waals surface area contributed by atoms with Crippen molar-refractivity contribution in [2.75, 3.05) is 6.61 Å². The number of hydrogen-bond donors (Lipinski definition) is 0. The lowest BCUT2D eigenvalue weighted by molar-refractivity contribution is -0.137. The number of benzene rings is 2. The fraction of sp³-hybridized carbons (Fsp3) is 0.188. The summed E-state index contributed by atoms with van der Waals surface area (Å²) in [5.41, 5.74) is -0.991. The van der Waals surface area contributed by atoms with Crippen LogP contribution in [-0.4, -0.2) is 12.6 Å². The van der Waals surface area contributed by atoms with E-state index in [4.69, 9.17) is 9.47 Å². The van der Waals surface area contributed by atoms with E-state index < -0.39 is 23.5 Å². The van der Waals surface area contributed by atoms with E-state index in [-0.39, 0.29) is 23.7 Å². The van der Waals surface area contributed by atoms with Crippen LogP contribution in [0.25, 0.3) is 0 Å². The third kappa shape index (κ3) is 4.21. The van der Waals surface area contributed by atoms with E-state index in [2.05, 4.69) is 0 Å². The largest absolute Gasteiger partial charge is 0.462 e. The monoisotopic (exact) mass is 328 g/mol. The number of ether oxygens (including phenoxy) is 2. The molecule has 0 amide bonds. The molecule has 0 fully saturated rings. The molecule has 122 valence electrons. The second-order valence-corrected chi connectivity index (χ2v) is 4.49. The van der Waals surface area contributed by atoms with Crippen LogP contribution in [0.2, 0.25) is 0 Å². The Labute approximate surface area is 129 Å². The molecule has 0 heterocycles. The first-order valence-electron chi connectivity index (χ1n) is 6.63. The number of alkyl halides is 3. The lowest BCUT2D eigenvalue weighted by atomic mass is 10.2. The predicted molar refractivity (Wildman–Crippen MR) is 73.9 cm³/mol. The SMILES string of the molecule is CCOC(=O)c1ccc(F)cc1Oc1cccc(C(F)(F)F)c1. The van der Waals surface area contributed by atoms with Crippen molar-refractivity contribution in [3.05, 3.63) is 59.4 Å². The zero-order chi connectivity index (χ0) is 17.0. The molecule has 3 nitrogen and oxygen atoms in total. The fourth-order valence-electron chi connectivity index (χ4n) is 1.82. The third-order valence-electron chi connectivity index (χ3n) is 2.83. The van der Waals surface area contributed by atoms with Gasteiger partial charge in [0.1, 0.15) is 22.9 Å². The smallest absolute Gasteiger partial charge is 0.416 e. The maximum atomic E-state index is 13.4. The normalized spacial score (nSPS) is 11.2. The van der Waals surface area contributed by atoms with E-state index in [1.807, 2.05) is 0 Å². The molecule has 0 aromatic heterocycles. The molecular formula is C16H12F4O3. The summed E-state index contributed by atoms with van der Waals surface area (Å²) in [6.45, 7) is 1.69. The van der Waals surface area contributed by atoms with Crippen LogP contribution in [0.3, 0.4) is 0 Å². The van der Waals surface area contributed by atoms with Crippen molar-refractivity contribution in [2.45, 2.75) is 13.1 Å². The van der Waals surface area contributed by atoms with E-state index >= 15 is 0 Å². The first-order chi connectivity index (χ1) is 10.8. The van der Waals surface area contributed by atoms with Gasteiger partial charge >= 0.3 is 12.1 Å². The van der Waals surface area contributed by atoms with Gasteiger partial charge in [-0.05, 0) is 37.3 Å². The van der Waals surface area contributed by atoms with Gasteiger partial charge in [-0.1, -0.05) is 6.07 Å². The number of halogens is 4. The number of carbonyl (C=O) groups is 1. The molecule has 0 saturated heterocycles. The molecular weight excluding hydrogens is 316 g/mol. The summed E-state index contributed by atoms with van der Waals surface area (Å²) < 4.78 is 61.5. The van der Waals surface area contributed by atoms with Crippen LogP contribution >= 0.6 is 0 Å². The molecule has 0 radical (unpaired) electrons. The van der Waals surface area contributed by atoms with Crippen molar-refractivity contribution in [2.24, 2.45) is 0 Å². The highest BCUT2D eigenvalue weighted by molar-refractivity contribution is 5.92. The highest BCUT2D eigenvalue weighted by Crippen LogP contribution is 2.33. The summed E-state index contributed by atoms with van der Waals surface area (Å²) in [5.74, 6) is -1.84.